The fourth-order valence-electron chi connectivity index (χ4n) is 3.05. The first kappa shape index (κ1) is 20.1. The van der Waals surface area contributed by atoms with Crippen molar-refractivity contribution in [1.82, 2.24) is 4.31 Å². The third kappa shape index (κ3) is 4.80. The normalized spacial score (nSPS) is 18.1. The first-order chi connectivity index (χ1) is 12.9. The number of rotatable bonds is 5. The van der Waals surface area contributed by atoms with Crippen LogP contribution in [0.5, 0.6) is 5.75 Å². The number of nitrogens with zero attached hydrogens (tertiary/aromatic N) is 1. The fraction of sp³-hybridized carbons (Fsp3) is 0.316. The topological polar surface area (TPSA) is 75.7 Å². The molecule has 0 radical (unpaired) electrons. The lowest BCUT2D eigenvalue weighted by Crippen LogP contribution is -2.43. The summed E-state index contributed by atoms with van der Waals surface area (Å²) in [6.07, 6.45) is 1.32. The number of sulfonamides is 1. The summed E-state index contributed by atoms with van der Waals surface area (Å²) in [4.78, 5) is 12.8. The SMILES string of the molecule is COc1ccc(S(=O)(=O)N2CCC[C@H](C(=O)Nc3ccc(I)cc3)C2)cc1. The van der Waals surface area contributed by atoms with Crippen molar-refractivity contribution in [2.75, 3.05) is 25.5 Å². The number of halogens is 1. The molecule has 2 aromatic rings. The van der Waals surface area contributed by atoms with Crippen LogP contribution < -0.4 is 10.1 Å². The lowest BCUT2D eigenvalue weighted by Gasteiger charge is -2.31. The Morgan fingerprint density at radius 2 is 1.81 bits per heavy atom. The quantitative estimate of drug-likeness (QED) is 0.640. The standard InChI is InChI=1S/C19H21IN2O4S/c1-26-17-8-10-18(11-9-17)27(24,25)22-12-2-3-14(13-22)19(23)21-16-6-4-15(20)5-7-16/h4-11,14H,2-3,12-13H2,1H3,(H,21,23)/t14-/m0/s1. The number of ether oxygens (including phenoxy) is 1. The van der Waals surface area contributed by atoms with E-state index in [0.717, 1.165) is 9.26 Å². The van der Waals surface area contributed by atoms with Crippen molar-refractivity contribution in [3.63, 3.8) is 0 Å². The molecule has 144 valence electrons. The molecule has 1 aliphatic rings. The van der Waals surface area contributed by atoms with E-state index < -0.39 is 10.0 Å². The number of hydrogen-bond acceptors (Lipinski definition) is 4. The highest BCUT2D eigenvalue weighted by atomic mass is 127. The largest absolute Gasteiger partial charge is 0.497 e. The van der Waals surface area contributed by atoms with E-state index in [9.17, 15) is 13.2 Å². The zero-order chi connectivity index (χ0) is 19.4. The van der Waals surface area contributed by atoms with E-state index in [4.69, 9.17) is 4.74 Å². The molecule has 1 aliphatic heterocycles. The van der Waals surface area contributed by atoms with Crippen molar-refractivity contribution >= 4 is 44.2 Å². The second-order valence-corrected chi connectivity index (χ2v) is 9.56. The second kappa shape index (κ2) is 8.57. The van der Waals surface area contributed by atoms with Crippen molar-refractivity contribution in [2.24, 2.45) is 5.92 Å². The van der Waals surface area contributed by atoms with E-state index in [1.54, 1.807) is 12.1 Å². The summed E-state index contributed by atoms with van der Waals surface area (Å²) in [7, 11) is -2.10. The van der Waals surface area contributed by atoms with Gasteiger partial charge in [0.1, 0.15) is 5.75 Å². The van der Waals surface area contributed by atoms with Crippen LogP contribution >= 0.6 is 22.6 Å². The molecule has 1 fully saturated rings. The molecule has 2 aromatic carbocycles. The molecular weight excluding hydrogens is 479 g/mol. The Balaban J connectivity index is 1.70. The van der Waals surface area contributed by atoms with Gasteiger partial charge < -0.3 is 10.1 Å². The van der Waals surface area contributed by atoms with Gasteiger partial charge in [-0.2, -0.15) is 4.31 Å². The van der Waals surface area contributed by atoms with Gasteiger partial charge in [-0.25, -0.2) is 8.42 Å². The van der Waals surface area contributed by atoms with E-state index in [1.165, 1.54) is 23.5 Å². The summed E-state index contributed by atoms with van der Waals surface area (Å²) in [5.41, 5.74) is 0.718. The lowest BCUT2D eigenvalue weighted by atomic mass is 9.99. The summed E-state index contributed by atoms with van der Waals surface area (Å²) < 4.78 is 33.4. The maximum absolute atomic E-state index is 12.9. The molecule has 0 saturated carbocycles. The van der Waals surface area contributed by atoms with Gasteiger partial charge in [0.05, 0.1) is 17.9 Å². The minimum Gasteiger partial charge on any atom is -0.497 e. The summed E-state index contributed by atoms with van der Waals surface area (Å²) in [6.45, 7) is 0.603. The van der Waals surface area contributed by atoms with Gasteiger partial charge in [-0.15, -0.1) is 0 Å². The summed E-state index contributed by atoms with van der Waals surface area (Å²) in [5.74, 6) is 0.0826. The zero-order valence-corrected chi connectivity index (χ0v) is 17.9. The predicted octanol–water partition coefficient (Wildman–Crippen LogP) is 3.34. The Morgan fingerprint density at radius 1 is 1.15 bits per heavy atom. The Morgan fingerprint density at radius 3 is 2.44 bits per heavy atom. The third-order valence-corrected chi connectivity index (χ3v) is 7.16. The maximum atomic E-state index is 12.9. The van der Waals surface area contributed by atoms with Crippen LogP contribution in [-0.2, 0) is 14.8 Å². The van der Waals surface area contributed by atoms with E-state index in [1.807, 2.05) is 24.3 Å². The van der Waals surface area contributed by atoms with Crippen LogP contribution in [0.25, 0.3) is 0 Å². The van der Waals surface area contributed by atoms with Crippen LogP contribution in [0.1, 0.15) is 12.8 Å². The zero-order valence-electron chi connectivity index (χ0n) is 14.9. The number of amides is 1. The fourth-order valence-corrected chi connectivity index (χ4v) is 4.93. The van der Waals surface area contributed by atoms with Gasteiger partial charge in [0.15, 0.2) is 0 Å². The minimum absolute atomic E-state index is 0.147. The van der Waals surface area contributed by atoms with Gasteiger partial charge in [0.25, 0.3) is 0 Å². The molecule has 1 atom stereocenters. The first-order valence-electron chi connectivity index (χ1n) is 8.61. The van der Waals surface area contributed by atoms with Gasteiger partial charge in [-0.1, -0.05) is 0 Å². The van der Waals surface area contributed by atoms with E-state index in [-0.39, 0.29) is 23.3 Å². The molecule has 1 heterocycles. The number of carbonyl (C=O) groups excluding carboxylic acids is 1. The number of benzene rings is 2. The van der Waals surface area contributed by atoms with Crippen LogP contribution in [0.3, 0.4) is 0 Å². The molecule has 1 saturated heterocycles. The Kier molecular flexibility index (Phi) is 6.38. The van der Waals surface area contributed by atoms with Crippen LogP contribution in [0.4, 0.5) is 5.69 Å². The molecule has 1 amide bonds. The Bertz CT molecular complexity index is 898. The highest BCUT2D eigenvalue weighted by Crippen LogP contribution is 2.26. The van der Waals surface area contributed by atoms with Crippen LogP contribution in [-0.4, -0.2) is 38.8 Å². The van der Waals surface area contributed by atoms with Crippen molar-refractivity contribution in [1.29, 1.82) is 0 Å². The molecule has 0 spiro atoms. The molecule has 0 aliphatic carbocycles. The molecule has 8 heteroatoms. The number of carbonyl (C=O) groups is 1. The highest BCUT2D eigenvalue weighted by molar-refractivity contribution is 14.1. The molecule has 3 rings (SSSR count). The van der Waals surface area contributed by atoms with Crippen molar-refractivity contribution in [2.45, 2.75) is 17.7 Å². The Labute approximate surface area is 173 Å². The maximum Gasteiger partial charge on any atom is 0.243 e. The van der Waals surface area contributed by atoms with E-state index >= 15 is 0 Å². The van der Waals surface area contributed by atoms with Crippen LogP contribution in [0.15, 0.2) is 53.4 Å². The monoisotopic (exact) mass is 500 g/mol. The number of piperidine rings is 1. The third-order valence-electron chi connectivity index (χ3n) is 4.56. The molecule has 0 bridgehead atoms. The highest BCUT2D eigenvalue weighted by Gasteiger charge is 2.33. The lowest BCUT2D eigenvalue weighted by molar-refractivity contribution is -0.120. The molecule has 0 unspecified atom stereocenters. The van der Waals surface area contributed by atoms with Crippen LogP contribution in [0, 0.1) is 9.49 Å². The molecule has 27 heavy (non-hydrogen) atoms. The second-order valence-electron chi connectivity index (χ2n) is 6.37. The summed E-state index contributed by atoms with van der Waals surface area (Å²) >= 11 is 2.20. The Hall–Kier alpha value is -1.65. The molecule has 1 N–H and O–H groups in total. The molecular formula is C19H21IN2O4S. The smallest absolute Gasteiger partial charge is 0.243 e. The van der Waals surface area contributed by atoms with E-state index in [2.05, 4.69) is 27.9 Å². The number of methoxy groups -OCH3 is 1. The molecule has 0 aromatic heterocycles. The number of hydrogen-bond donors (Lipinski definition) is 1. The predicted molar refractivity (Wildman–Crippen MR) is 112 cm³/mol. The van der Waals surface area contributed by atoms with E-state index in [0.29, 0.717) is 25.1 Å². The van der Waals surface area contributed by atoms with Gasteiger partial charge in [-0.3, -0.25) is 4.79 Å². The van der Waals surface area contributed by atoms with Gasteiger partial charge in [0, 0.05) is 22.3 Å². The first-order valence-corrected chi connectivity index (χ1v) is 11.1. The van der Waals surface area contributed by atoms with Gasteiger partial charge in [-0.05, 0) is 84.0 Å². The van der Waals surface area contributed by atoms with Gasteiger partial charge in [0.2, 0.25) is 15.9 Å². The van der Waals surface area contributed by atoms with Crippen LogP contribution in [0.2, 0.25) is 0 Å². The summed E-state index contributed by atoms with van der Waals surface area (Å²) in [6, 6.07) is 13.8. The van der Waals surface area contributed by atoms with Gasteiger partial charge >= 0.3 is 0 Å². The summed E-state index contributed by atoms with van der Waals surface area (Å²) in [5, 5.41) is 2.89. The molecule has 6 nitrogen and oxygen atoms in total. The number of nitrogens with one attached hydrogen (secondary N) is 1. The number of anilines is 1. The van der Waals surface area contributed by atoms with Crippen molar-refractivity contribution in [3.05, 3.63) is 52.1 Å². The minimum atomic E-state index is -3.64. The average Bonchev–Trinajstić information content (AvgIpc) is 2.70. The average molecular weight is 500 g/mol. The van der Waals surface area contributed by atoms with Crippen molar-refractivity contribution < 1.29 is 17.9 Å². The van der Waals surface area contributed by atoms with Crippen molar-refractivity contribution in [3.8, 4) is 5.75 Å².